The quantitative estimate of drug-likeness (QED) is 0.643. The number of amides is 1. The Hall–Kier alpha value is -2.10. The molecule has 1 aromatic rings. The van der Waals surface area contributed by atoms with Crippen LogP contribution in [0.4, 0.5) is 4.39 Å². The fourth-order valence-corrected chi connectivity index (χ4v) is 1.26. The highest BCUT2D eigenvalue weighted by atomic mass is 19.1. The predicted octanol–water partition coefficient (Wildman–Crippen LogP) is 2.54. The Morgan fingerprint density at radius 1 is 1.56 bits per heavy atom. The van der Waals surface area contributed by atoms with Gasteiger partial charge in [0.1, 0.15) is 0 Å². The molecule has 18 heavy (non-hydrogen) atoms. The fourth-order valence-electron chi connectivity index (χ4n) is 1.26. The van der Waals surface area contributed by atoms with Gasteiger partial charge < -0.3 is 10.1 Å². The minimum atomic E-state index is -0.456. The van der Waals surface area contributed by atoms with Gasteiger partial charge in [-0.3, -0.25) is 4.79 Å². The molecule has 1 amide bonds. The lowest BCUT2D eigenvalue weighted by atomic mass is 10.2. The van der Waals surface area contributed by atoms with Crippen molar-refractivity contribution in [3.05, 3.63) is 47.8 Å². The van der Waals surface area contributed by atoms with Crippen LogP contribution in [0.3, 0.4) is 0 Å². The molecule has 0 spiro atoms. The third kappa shape index (κ3) is 4.41. The summed E-state index contributed by atoms with van der Waals surface area (Å²) < 4.78 is 18.2. The third-order valence-corrected chi connectivity index (χ3v) is 2.17. The Bertz CT molecular complexity index is 481. The van der Waals surface area contributed by atoms with Crippen molar-refractivity contribution in [2.45, 2.75) is 6.92 Å². The molecule has 1 N–H and O–H groups in total. The Morgan fingerprint density at radius 3 is 2.83 bits per heavy atom. The zero-order chi connectivity index (χ0) is 13.5. The molecule has 0 unspecified atom stereocenters. The van der Waals surface area contributed by atoms with Crippen LogP contribution in [0.25, 0.3) is 6.08 Å². The van der Waals surface area contributed by atoms with E-state index < -0.39 is 5.82 Å². The van der Waals surface area contributed by atoms with Crippen molar-refractivity contribution in [2.75, 3.05) is 13.7 Å². The molecule has 3 nitrogen and oxygen atoms in total. The molecule has 0 radical (unpaired) electrons. The minimum Gasteiger partial charge on any atom is -0.494 e. The van der Waals surface area contributed by atoms with Crippen LogP contribution < -0.4 is 10.1 Å². The molecule has 0 saturated carbocycles. The molecule has 0 atom stereocenters. The van der Waals surface area contributed by atoms with Gasteiger partial charge in [-0.15, -0.1) is 0 Å². The predicted molar refractivity (Wildman–Crippen MR) is 69.8 cm³/mol. The largest absolute Gasteiger partial charge is 0.494 e. The summed E-state index contributed by atoms with van der Waals surface area (Å²) in [4.78, 5) is 11.4. The van der Waals surface area contributed by atoms with Gasteiger partial charge in [-0.25, -0.2) is 4.39 Å². The van der Waals surface area contributed by atoms with Crippen molar-refractivity contribution >= 4 is 12.0 Å². The highest BCUT2D eigenvalue weighted by molar-refractivity contribution is 5.91. The maximum absolute atomic E-state index is 13.4. The van der Waals surface area contributed by atoms with Crippen molar-refractivity contribution in [2.24, 2.45) is 0 Å². The summed E-state index contributed by atoms with van der Waals surface area (Å²) in [6.07, 6.45) is 2.89. The molecule has 96 valence electrons. The molecular formula is C14H16FNO2. The number of nitrogens with one attached hydrogen (secondary N) is 1. The van der Waals surface area contributed by atoms with Gasteiger partial charge in [0.15, 0.2) is 11.6 Å². The fraction of sp³-hybridized carbons (Fsp3) is 0.214. The summed E-state index contributed by atoms with van der Waals surface area (Å²) in [5.41, 5.74) is 1.46. The number of methoxy groups -OCH3 is 1. The molecule has 0 aliphatic rings. The normalized spacial score (nSPS) is 10.4. The van der Waals surface area contributed by atoms with Crippen LogP contribution in [-0.4, -0.2) is 19.6 Å². The number of benzene rings is 1. The smallest absolute Gasteiger partial charge is 0.244 e. The number of carbonyl (C=O) groups excluding carboxylic acids is 1. The zero-order valence-corrected chi connectivity index (χ0v) is 10.5. The van der Waals surface area contributed by atoms with E-state index in [-0.39, 0.29) is 11.7 Å². The van der Waals surface area contributed by atoms with Crippen LogP contribution in [0.2, 0.25) is 0 Å². The number of ether oxygens (including phenoxy) is 1. The zero-order valence-electron chi connectivity index (χ0n) is 10.5. The van der Waals surface area contributed by atoms with E-state index in [1.54, 1.807) is 6.07 Å². The van der Waals surface area contributed by atoms with Crippen LogP contribution >= 0.6 is 0 Å². The monoisotopic (exact) mass is 249 g/mol. The number of carbonyl (C=O) groups is 1. The lowest BCUT2D eigenvalue weighted by molar-refractivity contribution is -0.116. The van der Waals surface area contributed by atoms with E-state index in [0.29, 0.717) is 12.1 Å². The molecule has 0 aromatic heterocycles. The van der Waals surface area contributed by atoms with Gasteiger partial charge in [-0.05, 0) is 30.7 Å². The van der Waals surface area contributed by atoms with E-state index in [1.165, 1.54) is 31.4 Å². The first-order valence-corrected chi connectivity index (χ1v) is 5.46. The van der Waals surface area contributed by atoms with Crippen LogP contribution in [-0.2, 0) is 4.79 Å². The molecule has 1 aromatic carbocycles. The summed E-state index contributed by atoms with van der Waals surface area (Å²) in [5.74, 6) is -0.518. The topological polar surface area (TPSA) is 38.3 Å². The Kier molecular flexibility index (Phi) is 5.11. The molecule has 0 heterocycles. The maximum atomic E-state index is 13.4. The molecule has 0 fully saturated rings. The Labute approximate surface area is 106 Å². The molecule has 1 rings (SSSR count). The van der Waals surface area contributed by atoms with Crippen LogP contribution in [0.1, 0.15) is 12.5 Å². The molecule has 4 heteroatoms. The van der Waals surface area contributed by atoms with Gasteiger partial charge in [0.2, 0.25) is 5.91 Å². The van der Waals surface area contributed by atoms with E-state index in [1.807, 2.05) is 6.92 Å². The molecule has 0 saturated heterocycles. The van der Waals surface area contributed by atoms with Gasteiger partial charge in [-0.1, -0.05) is 18.2 Å². The average Bonchev–Trinajstić information content (AvgIpc) is 2.34. The highest BCUT2D eigenvalue weighted by Gasteiger charge is 2.01. The second-order valence-electron chi connectivity index (χ2n) is 3.90. The van der Waals surface area contributed by atoms with E-state index >= 15 is 0 Å². The minimum absolute atomic E-state index is 0.180. The van der Waals surface area contributed by atoms with E-state index in [0.717, 1.165) is 5.57 Å². The summed E-state index contributed by atoms with van der Waals surface area (Å²) in [6, 6.07) is 4.49. The SMILES string of the molecule is C=C(C)CNC(=O)/C=C/c1ccc(OC)c(F)c1. The number of hydrogen-bond acceptors (Lipinski definition) is 2. The summed E-state index contributed by atoms with van der Waals surface area (Å²) >= 11 is 0. The van der Waals surface area contributed by atoms with Crippen LogP contribution in [0.5, 0.6) is 5.75 Å². The van der Waals surface area contributed by atoms with Crippen molar-refractivity contribution in [1.29, 1.82) is 0 Å². The molecule has 0 bridgehead atoms. The van der Waals surface area contributed by atoms with Gasteiger partial charge >= 0.3 is 0 Å². The van der Waals surface area contributed by atoms with E-state index in [4.69, 9.17) is 4.74 Å². The van der Waals surface area contributed by atoms with Crippen molar-refractivity contribution < 1.29 is 13.9 Å². The first-order chi connectivity index (χ1) is 8.52. The third-order valence-electron chi connectivity index (χ3n) is 2.17. The maximum Gasteiger partial charge on any atom is 0.244 e. The summed E-state index contributed by atoms with van der Waals surface area (Å²) in [5, 5.41) is 2.65. The van der Waals surface area contributed by atoms with E-state index in [9.17, 15) is 9.18 Å². The van der Waals surface area contributed by atoms with Crippen LogP contribution in [0, 0.1) is 5.82 Å². The van der Waals surface area contributed by atoms with Gasteiger partial charge in [0.05, 0.1) is 7.11 Å². The molecular weight excluding hydrogens is 233 g/mol. The first-order valence-electron chi connectivity index (χ1n) is 5.46. The van der Waals surface area contributed by atoms with Crippen LogP contribution in [0.15, 0.2) is 36.4 Å². The summed E-state index contributed by atoms with van der Waals surface area (Å²) in [6.45, 7) is 5.93. The number of rotatable bonds is 5. The second-order valence-corrected chi connectivity index (χ2v) is 3.90. The second kappa shape index (κ2) is 6.59. The van der Waals surface area contributed by atoms with Crippen molar-refractivity contribution in [3.8, 4) is 5.75 Å². The number of halogens is 1. The molecule has 0 aliphatic carbocycles. The lowest BCUT2D eigenvalue weighted by Gasteiger charge is -2.02. The standard InChI is InChI=1S/C14H16FNO2/c1-10(2)9-16-14(17)7-5-11-4-6-13(18-3)12(15)8-11/h4-8H,1,9H2,2-3H3,(H,16,17)/b7-5+. The lowest BCUT2D eigenvalue weighted by Crippen LogP contribution is -2.22. The Morgan fingerprint density at radius 2 is 2.28 bits per heavy atom. The first kappa shape index (κ1) is 14.0. The Balaban J connectivity index is 2.64. The molecule has 0 aliphatic heterocycles. The number of hydrogen-bond donors (Lipinski definition) is 1. The van der Waals surface area contributed by atoms with Crippen molar-refractivity contribution in [3.63, 3.8) is 0 Å². The average molecular weight is 249 g/mol. The van der Waals surface area contributed by atoms with Gasteiger partial charge in [-0.2, -0.15) is 0 Å². The van der Waals surface area contributed by atoms with E-state index in [2.05, 4.69) is 11.9 Å². The van der Waals surface area contributed by atoms with Gasteiger partial charge in [0.25, 0.3) is 0 Å². The highest BCUT2D eigenvalue weighted by Crippen LogP contribution is 2.18. The summed E-state index contributed by atoms with van der Waals surface area (Å²) in [7, 11) is 1.40. The van der Waals surface area contributed by atoms with Gasteiger partial charge in [0, 0.05) is 12.6 Å². The van der Waals surface area contributed by atoms with Crippen molar-refractivity contribution in [1.82, 2.24) is 5.32 Å².